The van der Waals surface area contributed by atoms with Gasteiger partial charge >= 0.3 is 11.9 Å². The van der Waals surface area contributed by atoms with Gasteiger partial charge in [-0.1, -0.05) is 114 Å². The van der Waals surface area contributed by atoms with Crippen LogP contribution >= 0.6 is 0 Å². The number of nitrogens with one attached hydrogen (secondary N) is 3. The number of hydrogen-bond donors (Lipinski definition) is 3. The Kier molecular flexibility index (Phi) is 17.5. The van der Waals surface area contributed by atoms with Gasteiger partial charge in [0.05, 0.1) is 19.0 Å². The molecular weight excluding hydrogens is 949 g/mol. The molecule has 0 aliphatic carbocycles. The van der Waals surface area contributed by atoms with E-state index in [0.29, 0.717) is 34.2 Å². The maximum atomic E-state index is 13.1. The third kappa shape index (κ3) is 16.5. The Hall–Kier alpha value is -8.59. The molecule has 0 saturated heterocycles. The van der Waals surface area contributed by atoms with Crippen molar-refractivity contribution in [3.63, 3.8) is 0 Å². The Morgan fingerprint density at radius 1 is 0.560 bits per heavy atom. The third-order valence-corrected chi connectivity index (χ3v) is 11.3. The van der Waals surface area contributed by atoms with Gasteiger partial charge in [0, 0.05) is 47.5 Å². The minimum Gasteiger partial charge on any atom is -0.458 e. The Morgan fingerprint density at radius 2 is 0.933 bits per heavy atom. The first kappa shape index (κ1) is 55.7. The number of benzene rings is 4. The molecular formula is C57H65N12O6+. The quantitative estimate of drug-likeness (QED) is 0.0560. The van der Waals surface area contributed by atoms with Crippen LogP contribution in [0.1, 0.15) is 126 Å². The van der Waals surface area contributed by atoms with Crippen molar-refractivity contribution in [1.29, 1.82) is 0 Å². The van der Waals surface area contributed by atoms with E-state index >= 15 is 0 Å². The highest BCUT2D eigenvalue weighted by Gasteiger charge is 2.30. The van der Waals surface area contributed by atoms with Crippen molar-refractivity contribution in [1.82, 2.24) is 51.4 Å². The molecule has 0 unspecified atom stereocenters. The van der Waals surface area contributed by atoms with Crippen LogP contribution in [0.3, 0.4) is 0 Å². The topological polar surface area (TPSA) is 225 Å². The zero-order valence-corrected chi connectivity index (χ0v) is 44.6. The highest BCUT2D eigenvalue weighted by atomic mass is 16.6. The molecule has 3 aromatic heterocycles. The standard InChI is InChI=1S/C29H32N4O3.C28H32N8O3/c1-28(2,3)22-14-12-21(13-15-22)26(34)33-24(27(35)36-29(4,5)6)16-19-8-10-20(11-9-19)25-31-17-23(30-7)18-32-25;1-27(2,3)21-13-11-20(12-14-21)25(37)31-23(26(38)39-28(4,5)6)15-18-7-9-19(10-8-18)24-29-16-22(17-30-24)36-34-32-33-35-36/h8-15,17-18,24H,16H2,1-6H3,(H,33,34);7-14,16-17,23H,15H2,1-6H3,(H,31,37)/p+1/t24-;23-/m00/s1. The zero-order valence-electron chi connectivity index (χ0n) is 44.6. The monoisotopic (exact) mass is 1010 g/mol. The van der Waals surface area contributed by atoms with E-state index in [2.05, 4.69) is 97.8 Å². The Morgan fingerprint density at radius 3 is 1.25 bits per heavy atom. The lowest BCUT2D eigenvalue weighted by molar-refractivity contribution is -0.719. The Bertz CT molecular complexity index is 3070. The van der Waals surface area contributed by atoms with Crippen LogP contribution in [0, 0.1) is 6.57 Å². The summed E-state index contributed by atoms with van der Waals surface area (Å²) in [7, 11) is 0. The molecule has 2 atom stereocenters. The molecule has 0 radical (unpaired) electrons. The minimum absolute atomic E-state index is 0.0236. The van der Waals surface area contributed by atoms with Gasteiger partial charge in [-0.15, -0.1) is 0 Å². The molecule has 0 saturated carbocycles. The number of esters is 2. The minimum atomic E-state index is -0.868. The number of carbonyl (C=O) groups is 4. The van der Waals surface area contributed by atoms with E-state index in [-0.39, 0.29) is 35.5 Å². The largest absolute Gasteiger partial charge is 0.458 e. The van der Waals surface area contributed by atoms with E-state index in [1.165, 1.54) is 17.2 Å². The summed E-state index contributed by atoms with van der Waals surface area (Å²) in [4.78, 5) is 74.0. The van der Waals surface area contributed by atoms with Crippen molar-refractivity contribution in [3.05, 3.63) is 167 Å². The maximum Gasteiger partial charge on any atom is 0.329 e. The molecule has 0 aliphatic heterocycles. The molecule has 75 heavy (non-hydrogen) atoms. The molecule has 0 bridgehead atoms. The molecule has 0 aliphatic rings. The second-order valence-corrected chi connectivity index (χ2v) is 21.9. The summed E-state index contributed by atoms with van der Waals surface area (Å²) in [5.41, 5.74) is 6.00. The van der Waals surface area contributed by atoms with E-state index in [1.807, 2.05) is 72.8 Å². The predicted octanol–water partition coefficient (Wildman–Crippen LogP) is 8.59. The van der Waals surface area contributed by atoms with Crippen molar-refractivity contribution >= 4 is 29.4 Å². The average Bonchev–Trinajstić information content (AvgIpc) is 3.91. The fraction of sp³-hybridized carbons (Fsp3) is 0.351. The highest BCUT2D eigenvalue weighted by Crippen LogP contribution is 2.25. The number of aromatic nitrogens is 9. The molecule has 2 amide bonds. The van der Waals surface area contributed by atoms with E-state index < -0.39 is 35.2 Å². The number of ether oxygens (including phenoxy) is 2. The normalized spacial score (nSPS) is 12.5. The Labute approximate surface area is 437 Å². The molecule has 388 valence electrons. The summed E-state index contributed by atoms with van der Waals surface area (Å²) >= 11 is 0. The first-order chi connectivity index (χ1) is 35.2. The second kappa shape index (κ2) is 23.5. The van der Waals surface area contributed by atoms with Crippen LogP contribution in [-0.4, -0.2) is 87.8 Å². The summed E-state index contributed by atoms with van der Waals surface area (Å²) < 4.78 is 11.2. The molecule has 0 spiro atoms. The van der Waals surface area contributed by atoms with Gasteiger partial charge in [-0.3, -0.25) is 9.59 Å². The van der Waals surface area contributed by atoms with E-state index in [0.717, 1.165) is 33.4 Å². The average molecular weight is 1010 g/mol. The van der Waals surface area contributed by atoms with Crippen LogP contribution in [0.4, 0.5) is 5.69 Å². The van der Waals surface area contributed by atoms with Crippen molar-refractivity contribution in [2.45, 2.75) is 130 Å². The van der Waals surface area contributed by atoms with Gasteiger partial charge in [0.1, 0.15) is 28.5 Å². The van der Waals surface area contributed by atoms with Gasteiger partial charge in [0.2, 0.25) is 16.1 Å². The fourth-order valence-electron chi connectivity index (χ4n) is 7.27. The third-order valence-electron chi connectivity index (χ3n) is 11.3. The number of aromatic amines is 1. The molecule has 3 heterocycles. The van der Waals surface area contributed by atoms with Crippen molar-refractivity contribution in [3.8, 4) is 28.5 Å². The first-order valence-electron chi connectivity index (χ1n) is 24.4. The summed E-state index contributed by atoms with van der Waals surface area (Å²) in [6.45, 7) is 30.5. The predicted molar refractivity (Wildman–Crippen MR) is 282 cm³/mol. The number of hydrogen-bond acceptors (Lipinski definition) is 13. The summed E-state index contributed by atoms with van der Waals surface area (Å²) in [6.07, 6.45) is 6.68. The number of H-pyrrole nitrogens is 1. The van der Waals surface area contributed by atoms with Crippen LogP contribution < -0.4 is 15.4 Å². The molecule has 7 aromatic rings. The van der Waals surface area contributed by atoms with Crippen LogP contribution in [0.25, 0.3) is 33.3 Å². The van der Waals surface area contributed by atoms with Crippen LogP contribution in [-0.2, 0) is 42.7 Å². The van der Waals surface area contributed by atoms with E-state index in [9.17, 15) is 19.2 Å². The van der Waals surface area contributed by atoms with Gasteiger partial charge < -0.3 is 20.1 Å². The molecule has 7 rings (SSSR count). The lowest BCUT2D eigenvalue weighted by Gasteiger charge is -2.25. The summed E-state index contributed by atoms with van der Waals surface area (Å²) in [5.74, 6) is -0.639. The first-order valence-corrected chi connectivity index (χ1v) is 24.4. The van der Waals surface area contributed by atoms with Crippen molar-refractivity contribution in [2.24, 2.45) is 0 Å². The van der Waals surface area contributed by atoms with Crippen LogP contribution in [0.15, 0.2) is 122 Å². The van der Waals surface area contributed by atoms with Crippen molar-refractivity contribution < 1.29 is 33.4 Å². The summed E-state index contributed by atoms with van der Waals surface area (Å²) in [5, 5.41) is 19.1. The molecule has 4 aromatic carbocycles. The van der Waals surface area contributed by atoms with Crippen LogP contribution in [0.5, 0.6) is 0 Å². The maximum absolute atomic E-state index is 13.1. The van der Waals surface area contributed by atoms with Gasteiger partial charge in [-0.25, -0.2) is 34.4 Å². The van der Waals surface area contributed by atoms with Gasteiger partial charge in [-0.2, -0.15) is 0 Å². The second-order valence-electron chi connectivity index (χ2n) is 21.9. The smallest absolute Gasteiger partial charge is 0.329 e. The van der Waals surface area contributed by atoms with E-state index in [4.69, 9.17) is 16.0 Å². The molecule has 18 nitrogen and oxygen atoms in total. The summed E-state index contributed by atoms with van der Waals surface area (Å²) in [6, 6.07) is 28.0. The Balaban J connectivity index is 0.000000245. The fourth-order valence-corrected chi connectivity index (χ4v) is 7.27. The number of carbonyl (C=O) groups excluding carboxylic acids is 4. The number of rotatable bonds is 13. The molecule has 0 fully saturated rings. The number of nitrogens with zero attached hydrogens (tertiary/aromatic N) is 9. The lowest BCUT2D eigenvalue weighted by atomic mass is 9.86. The lowest BCUT2D eigenvalue weighted by Crippen LogP contribution is -2.45. The highest BCUT2D eigenvalue weighted by molar-refractivity contribution is 5.97. The van der Waals surface area contributed by atoms with Gasteiger partial charge in [0.25, 0.3) is 11.8 Å². The molecule has 3 N–H and O–H groups in total. The number of amides is 2. The van der Waals surface area contributed by atoms with E-state index in [1.54, 1.807) is 78.2 Å². The van der Waals surface area contributed by atoms with Crippen LogP contribution in [0.2, 0.25) is 0 Å². The van der Waals surface area contributed by atoms with Crippen molar-refractivity contribution in [2.75, 3.05) is 0 Å². The van der Waals surface area contributed by atoms with Gasteiger partial charge in [0.15, 0.2) is 17.3 Å². The zero-order chi connectivity index (χ0) is 54.7. The molecule has 18 heteroatoms. The van der Waals surface area contributed by atoms with Gasteiger partial charge in [-0.05, 0) is 109 Å². The SMILES string of the molecule is CC(C)(C)OC(=O)[C@H](Cc1ccc(-c2ncc(-[n+]3nnn[nH]3)cn2)cc1)NC(=O)c1ccc(C(C)(C)C)cc1.[C-]#[N+]c1cnc(-c2ccc(C[C@H](NC(=O)c3ccc(C(C)(C)C)cc3)C(=O)OC(C)(C)C)cc2)nc1.